The maximum Gasteiger partial charge on any atom is 0.274 e. The van der Waals surface area contributed by atoms with Gasteiger partial charge in [-0.2, -0.15) is 0 Å². The number of aromatic nitrogens is 3. The Morgan fingerprint density at radius 2 is 1.92 bits per heavy atom. The molecule has 0 saturated heterocycles. The molecule has 1 aromatic heterocycles. The van der Waals surface area contributed by atoms with Gasteiger partial charge in [0, 0.05) is 29.4 Å². The Morgan fingerprint density at radius 3 is 2.53 bits per heavy atom. The molecule has 3 aromatic rings. The fraction of sp³-hybridized carbons (Fsp3) is 0.308. The summed E-state index contributed by atoms with van der Waals surface area (Å²) in [4.78, 5) is 36.2. The van der Waals surface area contributed by atoms with Crippen LogP contribution < -0.4 is 15.4 Å². The predicted octanol–water partition coefficient (Wildman–Crippen LogP) is 4.55. The van der Waals surface area contributed by atoms with Gasteiger partial charge in [-0.25, -0.2) is 0 Å². The average Bonchev–Trinajstić information content (AvgIpc) is 3.28. The van der Waals surface area contributed by atoms with E-state index in [-0.39, 0.29) is 29.2 Å². The lowest BCUT2D eigenvalue weighted by Gasteiger charge is -2.22. The van der Waals surface area contributed by atoms with Crippen molar-refractivity contribution in [2.75, 3.05) is 18.2 Å². The first-order chi connectivity index (χ1) is 18.1. The van der Waals surface area contributed by atoms with Gasteiger partial charge in [-0.1, -0.05) is 37.8 Å². The molecule has 0 aliphatic carbocycles. The van der Waals surface area contributed by atoms with Crippen molar-refractivity contribution >= 4 is 35.0 Å². The third kappa shape index (κ3) is 6.97. The van der Waals surface area contributed by atoms with Crippen LogP contribution in [0.5, 0.6) is 5.75 Å². The molecule has 3 rings (SSSR count). The van der Waals surface area contributed by atoms with Crippen LogP contribution in [0.1, 0.15) is 41.6 Å². The Bertz CT molecular complexity index is 1320. The number of nitrogens with zero attached hydrogens (tertiary/aromatic N) is 4. The largest absolute Gasteiger partial charge is 0.497 e. The molecule has 0 aliphatic heterocycles. The predicted molar refractivity (Wildman–Crippen MR) is 145 cm³/mol. The zero-order valence-corrected chi connectivity index (χ0v) is 22.4. The standard InChI is InChI=1S/C26H30N6O5S/c1-6-13-31-24(23(16(2)3)28-25(34)18-8-11-20(37-5)12-9-18)29-30-26(31)38-15-22(33)27-19-10-7-17(4)21(14-19)32(35)36/h6-12,14,16,23H,1,13,15H2,2-5H3,(H,27,33)(H,28,34)/t23-/m1/s1. The molecule has 0 fully saturated rings. The minimum absolute atomic E-state index is 0.00149. The fourth-order valence-corrected chi connectivity index (χ4v) is 4.40. The van der Waals surface area contributed by atoms with Crippen LogP contribution in [0.2, 0.25) is 0 Å². The molecule has 12 heteroatoms. The van der Waals surface area contributed by atoms with Gasteiger partial charge in [-0.05, 0) is 43.2 Å². The highest BCUT2D eigenvalue weighted by atomic mass is 32.2. The lowest BCUT2D eigenvalue weighted by Crippen LogP contribution is -2.33. The van der Waals surface area contributed by atoms with Crippen LogP contribution in [0.3, 0.4) is 0 Å². The van der Waals surface area contributed by atoms with Crippen molar-refractivity contribution in [3.05, 3.63) is 82.2 Å². The molecule has 0 bridgehead atoms. The number of amides is 2. The van der Waals surface area contributed by atoms with E-state index in [1.54, 1.807) is 61.1 Å². The molecule has 38 heavy (non-hydrogen) atoms. The van der Waals surface area contributed by atoms with Gasteiger partial charge < -0.3 is 19.9 Å². The number of anilines is 1. The SMILES string of the molecule is C=CCn1c(SCC(=O)Nc2ccc(C)c([N+](=O)[O-])c2)nnc1[C@H](NC(=O)c1ccc(OC)cc1)C(C)C. The van der Waals surface area contributed by atoms with Crippen molar-refractivity contribution in [1.82, 2.24) is 20.1 Å². The van der Waals surface area contributed by atoms with E-state index in [0.29, 0.717) is 40.1 Å². The Balaban J connectivity index is 1.74. The monoisotopic (exact) mass is 538 g/mol. The smallest absolute Gasteiger partial charge is 0.274 e. The molecule has 0 radical (unpaired) electrons. The zero-order valence-electron chi connectivity index (χ0n) is 21.6. The lowest BCUT2D eigenvalue weighted by molar-refractivity contribution is -0.385. The fourth-order valence-electron chi connectivity index (χ4n) is 3.64. The van der Waals surface area contributed by atoms with Gasteiger partial charge in [-0.15, -0.1) is 16.8 Å². The molecular weight excluding hydrogens is 508 g/mol. The maximum atomic E-state index is 13.0. The maximum absolute atomic E-state index is 13.0. The summed E-state index contributed by atoms with van der Waals surface area (Å²) in [6.07, 6.45) is 1.69. The van der Waals surface area contributed by atoms with Crippen LogP contribution >= 0.6 is 11.8 Å². The topological polar surface area (TPSA) is 141 Å². The van der Waals surface area contributed by atoms with Gasteiger partial charge in [0.15, 0.2) is 11.0 Å². The van der Waals surface area contributed by atoms with Gasteiger partial charge in [-0.3, -0.25) is 19.7 Å². The Kier molecular flexibility index (Phi) is 9.61. The minimum Gasteiger partial charge on any atom is -0.497 e. The molecule has 0 saturated carbocycles. The molecule has 2 N–H and O–H groups in total. The summed E-state index contributed by atoms with van der Waals surface area (Å²) in [5.41, 5.74) is 1.25. The van der Waals surface area contributed by atoms with Crippen LogP contribution in [-0.4, -0.2) is 44.4 Å². The number of carbonyl (C=O) groups is 2. The number of rotatable bonds is 12. The first-order valence-corrected chi connectivity index (χ1v) is 12.8. The molecular formula is C26H30N6O5S. The second-order valence-corrected chi connectivity index (χ2v) is 9.70. The summed E-state index contributed by atoms with van der Waals surface area (Å²) in [6, 6.07) is 10.9. The summed E-state index contributed by atoms with van der Waals surface area (Å²) in [5, 5.41) is 26.0. The minimum atomic E-state index is -0.488. The van der Waals surface area contributed by atoms with Gasteiger partial charge in [0.25, 0.3) is 11.6 Å². The van der Waals surface area contributed by atoms with E-state index in [2.05, 4.69) is 27.4 Å². The van der Waals surface area contributed by atoms with Crippen molar-refractivity contribution in [2.45, 2.75) is 38.5 Å². The normalized spacial score (nSPS) is 11.6. The number of methoxy groups -OCH3 is 1. The molecule has 200 valence electrons. The quantitative estimate of drug-likeness (QED) is 0.148. The highest BCUT2D eigenvalue weighted by molar-refractivity contribution is 7.99. The Morgan fingerprint density at radius 1 is 1.21 bits per heavy atom. The molecule has 11 nitrogen and oxygen atoms in total. The van der Waals surface area contributed by atoms with E-state index in [0.717, 1.165) is 0 Å². The third-order valence-electron chi connectivity index (χ3n) is 5.66. The number of carbonyl (C=O) groups excluding carboxylic acids is 2. The summed E-state index contributed by atoms with van der Waals surface area (Å²) in [6.45, 7) is 9.74. The number of nitrogens with one attached hydrogen (secondary N) is 2. The van der Waals surface area contributed by atoms with Gasteiger partial charge in [0.1, 0.15) is 5.75 Å². The number of hydrogen-bond acceptors (Lipinski definition) is 8. The van der Waals surface area contributed by atoms with E-state index in [1.807, 2.05) is 13.8 Å². The molecule has 2 aromatic carbocycles. The summed E-state index contributed by atoms with van der Waals surface area (Å²) in [5.74, 6) is 0.569. The van der Waals surface area contributed by atoms with Crippen LogP contribution in [0.25, 0.3) is 0 Å². The van der Waals surface area contributed by atoms with E-state index < -0.39 is 11.0 Å². The number of allylic oxidation sites excluding steroid dienone is 1. The molecule has 1 atom stereocenters. The van der Waals surface area contributed by atoms with E-state index in [4.69, 9.17) is 4.74 Å². The number of hydrogen-bond donors (Lipinski definition) is 2. The summed E-state index contributed by atoms with van der Waals surface area (Å²) < 4.78 is 6.96. The van der Waals surface area contributed by atoms with Crippen LogP contribution in [0.4, 0.5) is 11.4 Å². The van der Waals surface area contributed by atoms with Crippen molar-refractivity contribution in [3.8, 4) is 5.75 Å². The van der Waals surface area contributed by atoms with Crippen molar-refractivity contribution in [3.63, 3.8) is 0 Å². The number of nitro benzene ring substituents is 1. The number of ether oxygens (including phenoxy) is 1. The Labute approximate surface area is 224 Å². The summed E-state index contributed by atoms with van der Waals surface area (Å²) in [7, 11) is 1.56. The Hall–Kier alpha value is -4.19. The first kappa shape index (κ1) is 28.4. The van der Waals surface area contributed by atoms with E-state index >= 15 is 0 Å². The van der Waals surface area contributed by atoms with Gasteiger partial charge >= 0.3 is 0 Å². The number of nitro groups is 1. The van der Waals surface area contributed by atoms with Crippen molar-refractivity contribution in [2.24, 2.45) is 5.92 Å². The highest BCUT2D eigenvalue weighted by Gasteiger charge is 2.26. The highest BCUT2D eigenvalue weighted by Crippen LogP contribution is 2.27. The third-order valence-corrected chi connectivity index (χ3v) is 6.63. The molecule has 1 heterocycles. The van der Waals surface area contributed by atoms with Gasteiger partial charge in [0.2, 0.25) is 5.91 Å². The molecule has 2 amide bonds. The van der Waals surface area contributed by atoms with Crippen LogP contribution in [-0.2, 0) is 11.3 Å². The molecule has 0 aliphatic rings. The van der Waals surface area contributed by atoms with E-state index in [1.165, 1.54) is 17.8 Å². The van der Waals surface area contributed by atoms with Crippen LogP contribution in [0.15, 0.2) is 60.3 Å². The molecule has 0 unspecified atom stereocenters. The second-order valence-electron chi connectivity index (χ2n) is 8.76. The van der Waals surface area contributed by atoms with E-state index in [9.17, 15) is 19.7 Å². The zero-order chi connectivity index (χ0) is 27.8. The number of thioether (sulfide) groups is 1. The van der Waals surface area contributed by atoms with Crippen LogP contribution in [0, 0.1) is 23.0 Å². The van der Waals surface area contributed by atoms with Crippen molar-refractivity contribution in [1.29, 1.82) is 0 Å². The summed E-state index contributed by atoms with van der Waals surface area (Å²) >= 11 is 1.17. The number of benzene rings is 2. The second kappa shape index (κ2) is 12.9. The first-order valence-electron chi connectivity index (χ1n) is 11.8. The molecule has 0 spiro atoms. The lowest BCUT2D eigenvalue weighted by atomic mass is 10.0. The van der Waals surface area contributed by atoms with Gasteiger partial charge in [0.05, 0.1) is 23.8 Å². The van der Waals surface area contributed by atoms with Crippen molar-refractivity contribution < 1.29 is 19.2 Å². The average molecular weight is 539 g/mol. The number of aryl methyl sites for hydroxylation is 1.